The smallest absolute Gasteiger partial charge is 0.216 e. The summed E-state index contributed by atoms with van der Waals surface area (Å²) >= 11 is 7.39. The number of nitrogens with one attached hydrogen (secondary N) is 1. The van der Waals surface area contributed by atoms with Crippen LogP contribution in [0.1, 0.15) is 5.56 Å². The largest absolute Gasteiger partial charge is 0.507 e. The molecule has 5 nitrogen and oxygen atoms in total. The second kappa shape index (κ2) is 6.41. The number of aromatic amines is 1. The van der Waals surface area contributed by atoms with Crippen LogP contribution < -0.4 is 0 Å². The Morgan fingerprint density at radius 1 is 1.23 bits per heavy atom. The number of aromatic hydroxyl groups is 1. The maximum absolute atomic E-state index is 9.87. The van der Waals surface area contributed by atoms with Gasteiger partial charge in [0.2, 0.25) is 4.77 Å². The first-order chi connectivity index (χ1) is 10.6. The molecule has 0 aliphatic heterocycles. The Hall–Kier alpha value is -2.00. The molecule has 1 aromatic heterocycles. The zero-order chi connectivity index (χ0) is 15.5. The molecule has 0 saturated carbocycles. The standard InChI is InChI=1S/C15H11IN4OS/c16-12-6-7-13(21)11(8-12)9-17-20-14(18-19-15(20)22)10-4-2-1-3-5-10/h1-9,21H,(H,19,22)/b17-9-. The van der Waals surface area contributed by atoms with Crippen LogP contribution in [-0.4, -0.2) is 26.2 Å². The van der Waals surface area contributed by atoms with E-state index < -0.39 is 0 Å². The summed E-state index contributed by atoms with van der Waals surface area (Å²) < 4.78 is 2.93. The van der Waals surface area contributed by atoms with Crippen molar-refractivity contribution in [3.8, 4) is 17.1 Å². The number of hydrogen-bond acceptors (Lipinski definition) is 4. The Morgan fingerprint density at radius 3 is 2.77 bits per heavy atom. The third-order valence-electron chi connectivity index (χ3n) is 2.98. The molecular weight excluding hydrogens is 411 g/mol. The van der Waals surface area contributed by atoms with Crippen LogP contribution in [0, 0.1) is 8.34 Å². The molecule has 110 valence electrons. The number of nitrogens with zero attached hydrogens (tertiary/aromatic N) is 3. The van der Waals surface area contributed by atoms with Crippen LogP contribution in [-0.2, 0) is 0 Å². The molecule has 0 bridgehead atoms. The minimum Gasteiger partial charge on any atom is -0.507 e. The molecule has 7 heteroatoms. The first-order valence-corrected chi connectivity index (χ1v) is 7.89. The molecule has 1 heterocycles. The second-order valence-electron chi connectivity index (χ2n) is 4.48. The fourth-order valence-electron chi connectivity index (χ4n) is 1.92. The van der Waals surface area contributed by atoms with Gasteiger partial charge in [0.05, 0.1) is 6.21 Å². The van der Waals surface area contributed by atoms with Crippen LogP contribution in [0.2, 0.25) is 0 Å². The quantitative estimate of drug-likeness (QED) is 0.384. The van der Waals surface area contributed by atoms with E-state index in [1.165, 1.54) is 4.68 Å². The zero-order valence-electron chi connectivity index (χ0n) is 11.3. The molecule has 0 spiro atoms. The lowest BCUT2D eigenvalue weighted by Crippen LogP contribution is -1.95. The van der Waals surface area contributed by atoms with E-state index >= 15 is 0 Å². The lowest BCUT2D eigenvalue weighted by Gasteiger charge is -2.02. The first kappa shape index (κ1) is 14.9. The summed E-state index contributed by atoms with van der Waals surface area (Å²) in [6.07, 6.45) is 1.56. The lowest BCUT2D eigenvalue weighted by molar-refractivity contribution is 0.474. The maximum atomic E-state index is 9.87. The number of benzene rings is 2. The highest BCUT2D eigenvalue weighted by Gasteiger charge is 2.07. The van der Waals surface area contributed by atoms with Crippen LogP contribution >= 0.6 is 34.8 Å². The predicted octanol–water partition coefficient (Wildman–Crippen LogP) is 3.80. The molecule has 0 aliphatic carbocycles. The maximum Gasteiger partial charge on any atom is 0.216 e. The number of phenolic OH excluding ortho intramolecular Hbond substituents is 1. The minimum absolute atomic E-state index is 0.167. The highest BCUT2D eigenvalue weighted by Crippen LogP contribution is 2.19. The fraction of sp³-hybridized carbons (Fsp3) is 0. The number of hydrogen-bond donors (Lipinski definition) is 2. The molecule has 2 N–H and O–H groups in total. The van der Waals surface area contributed by atoms with Crippen molar-refractivity contribution in [2.45, 2.75) is 0 Å². The SMILES string of the molecule is Oc1ccc(I)cc1/C=N\n1c(-c2ccccc2)n[nH]c1=S. The molecular formula is C15H11IN4OS. The van der Waals surface area contributed by atoms with Crippen LogP contribution in [0.4, 0.5) is 0 Å². The zero-order valence-corrected chi connectivity index (χ0v) is 14.2. The monoisotopic (exact) mass is 422 g/mol. The van der Waals surface area contributed by atoms with Gasteiger partial charge in [-0.25, -0.2) is 5.10 Å². The summed E-state index contributed by atoms with van der Waals surface area (Å²) in [5.41, 5.74) is 1.52. The van der Waals surface area contributed by atoms with Gasteiger partial charge in [0.1, 0.15) is 5.75 Å². The Bertz CT molecular complexity index is 886. The van der Waals surface area contributed by atoms with Gasteiger partial charge in [-0.05, 0) is 53.0 Å². The van der Waals surface area contributed by atoms with Crippen molar-refractivity contribution in [1.82, 2.24) is 14.9 Å². The third-order valence-corrected chi connectivity index (χ3v) is 3.92. The molecule has 0 fully saturated rings. The van der Waals surface area contributed by atoms with E-state index in [2.05, 4.69) is 37.9 Å². The van der Waals surface area contributed by atoms with Gasteiger partial charge in [0.25, 0.3) is 0 Å². The van der Waals surface area contributed by atoms with E-state index in [0.29, 0.717) is 16.2 Å². The molecule has 0 aliphatic rings. The molecule has 2 aromatic carbocycles. The third kappa shape index (κ3) is 3.09. The molecule has 0 atom stereocenters. The van der Waals surface area contributed by atoms with Gasteiger partial charge in [0, 0.05) is 14.7 Å². The Kier molecular flexibility index (Phi) is 4.34. The van der Waals surface area contributed by atoms with Gasteiger partial charge >= 0.3 is 0 Å². The molecule has 0 amide bonds. The van der Waals surface area contributed by atoms with Crippen molar-refractivity contribution in [2.24, 2.45) is 5.10 Å². The lowest BCUT2D eigenvalue weighted by atomic mass is 10.2. The van der Waals surface area contributed by atoms with E-state index in [1.807, 2.05) is 42.5 Å². The molecule has 22 heavy (non-hydrogen) atoms. The number of aromatic nitrogens is 3. The van der Waals surface area contributed by atoms with Crippen molar-refractivity contribution in [2.75, 3.05) is 0 Å². The summed E-state index contributed by atoms with van der Waals surface area (Å²) in [5, 5.41) is 21.2. The van der Waals surface area contributed by atoms with Crippen LogP contribution in [0.3, 0.4) is 0 Å². The van der Waals surface area contributed by atoms with Gasteiger partial charge < -0.3 is 5.11 Å². The van der Waals surface area contributed by atoms with Crippen LogP contribution in [0.25, 0.3) is 11.4 Å². The number of H-pyrrole nitrogens is 1. The van der Waals surface area contributed by atoms with E-state index in [4.69, 9.17) is 12.2 Å². The summed E-state index contributed by atoms with van der Waals surface area (Å²) in [7, 11) is 0. The van der Waals surface area contributed by atoms with Crippen molar-refractivity contribution < 1.29 is 5.11 Å². The van der Waals surface area contributed by atoms with Gasteiger partial charge in [-0.3, -0.25) is 0 Å². The first-order valence-electron chi connectivity index (χ1n) is 6.41. The van der Waals surface area contributed by atoms with Crippen molar-refractivity contribution >= 4 is 41.0 Å². The Labute approximate surface area is 145 Å². The molecule has 3 aromatic rings. The summed E-state index contributed by atoms with van der Waals surface area (Å²) in [6.45, 7) is 0. The minimum atomic E-state index is 0.167. The number of halogens is 1. The number of phenols is 1. The summed E-state index contributed by atoms with van der Waals surface area (Å²) in [6, 6.07) is 14.9. The van der Waals surface area contributed by atoms with Crippen LogP contribution in [0.5, 0.6) is 5.75 Å². The topological polar surface area (TPSA) is 66.2 Å². The predicted molar refractivity (Wildman–Crippen MR) is 96.7 cm³/mol. The molecule has 0 saturated heterocycles. The summed E-state index contributed by atoms with van der Waals surface area (Å²) in [4.78, 5) is 0. The highest BCUT2D eigenvalue weighted by molar-refractivity contribution is 14.1. The van der Waals surface area contributed by atoms with Gasteiger partial charge in [-0.2, -0.15) is 14.9 Å². The van der Waals surface area contributed by atoms with E-state index in [1.54, 1.807) is 12.3 Å². The second-order valence-corrected chi connectivity index (χ2v) is 6.11. The molecule has 3 rings (SSSR count). The Morgan fingerprint density at radius 2 is 2.00 bits per heavy atom. The van der Waals surface area contributed by atoms with Gasteiger partial charge in [-0.15, -0.1) is 0 Å². The van der Waals surface area contributed by atoms with Gasteiger partial charge in [0.15, 0.2) is 5.82 Å². The molecule has 0 unspecified atom stereocenters. The van der Waals surface area contributed by atoms with E-state index in [0.717, 1.165) is 9.13 Å². The normalized spacial score (nSPS) is 11.1. The van der Waals surface area contributed by atoms with Crippen molar-refractivity contribution in [1.29, 1.82) is 0 Å². The van der Waals surface area contributed by atoms with E-state index in [-0.39, 0.29) is 5.75 Å². The average Bonchev–Trinajstić information content (AvgIpc) is 2.90. The van der Waals surface area contributed by atoms with Crippen molar-refractivity contribution in [3.05, 3.63) is 62.4 Å². The van der Waals surface area contributed by atoms with Crippen molar-refractivity contribution in [3.63, 3.8) is 0 Å². The molecule has 0 radical (unpaired) electrons. The Balaban J connectivity index is 2.03. The van der Waals surface area contributed by atoms with E-state index in [9.17, 15) is 5.11 Å². The summed E-state index contributed by atoms with van der Waals surface area (Å²) in [5.74, 6) is 0.785. The van der Waals surface area contributed by atoms with Gasteiger partial charge in [-0.1, -0.05) is 30.3 Å². The fourth-order valence-corrected chi connectivity index (χ4v) is 2.62. The average molecular weight is 422 g/mol. The highest BCUT2D eigenvalue weighted by atomic mass is 127. The van der Waals surface area contributed by atoms with Crippen LogP contribution in [0.15, 0.2) is 53.6 Å². The number of rotatable bonds is 3.